The topological polar surface area (TPSA) is 47.3 Å². The fourth-order valence-electron chi connectivity index (χ4n) is 2.97. The molecule has 2 aromatic rings. The van der Waals surface area contributed by atoms with Crippen LogP contribution in [0.25, 0.3) is 0 Å². The third-order valence-corrected chi connectivity index (χ3v) is 4.00. The first-order valence-electron chi connectivity index (χ1n) is 7.10. The molecule has 0 spiro atoms. The van der Waals surface area contributed by atoms with Crippen LogP contribution in [0.15, 0.2) is 54.6 Å². The summed E-state index contributed by atoms with van der Waals surface area (Å²) in [6.07, 6.45) is 1.93. The maximum Gasteiger partial charge on any atom is 0.122 e. The summed E-state index contributed by atoms with van der Waals surface area (Å²) in [5.41, 5.74) is 5.57. The molecular weight excluding hydrogens is 248 g/mol. The molecule has 0 aliphatic carbocycles. The van der Waals surface area contributed by atoms with Gasteiger partial charge < -0.3 is 4.74 Å². The quantitative estimate of drug-likeness (QED) is 0.662. The van der Waals surface area contributed by atoms with Crippen molar-refractivity contribution in [3.05, 3.63) is 65.7 Å². The number of benzene rings is 2. The minimum Gasteiger partial charge on any atom is -0.493 e. The van der Waals surface area contributed by atoms with Crippen LogP contribution in [0.5, 0.6) is 5.75 Å². The highest BCUT2D eigenvalue weighted by molar-refractivity contribution is 5.39. The molecule has 0 saturated heterocycles. The van der Waals surface area contributed by atoms with E-state index in [4.69, 9.17) is 10.6 Å². The molecule has 0 saturated carbocycles. The second kappa shape index (κ2) is 6.07. The van der Waals surface area contributed by atoms with E-state index in [0.29, 0.717) is 5.92 Å². The van der Waals surface area contributed by atoms with Gasteiger partial charge in [-0.15, -0.1) is 0 Å². The van der Waals surface area contributed by atoms with E-state index in [1.54, 1.807) is 0 Å². The van der Waals surface area contributed by atoms with Gasteiger partial charge in [-0.05, 0) is 30.0 Å². The van der Waals surface area contributed by atoms with E-state index in [-0.39, 0.29) is 6.04 Å². The van der Waals surface area contributed by atoms with Crippen molar-refractivity contribution in [3.8, 4) is 5.75 Å². The number of rotatable bonds is 4. The third kappa shape index (κ3) is 2.69. The lowest BCUT2D eigenvalue weighted by Crippen LogP contribution is -2.42. The zero-order chi connectivity index (χ0) is 13.8. The predicted molar refractivity (Wildman–Crippen MR) is 80.6 cm³/mol. The molecule has 1 heterocycles. The first-order chi connectivity index (χ1) is 9.88. The maximum absolute atomic E-state index is 5.82. The number of nitrogens with one attached hydrogen (secondary N) is 1. The van der Waals surface area contributed by atoms with Crippen molar-refractivity contribution in [2.75, 3.05) is 6.61 Å². The summed E-state index contributed by atoms with van der Waals surface area (Å²) in [5, 5.41) is 0. The Labute approximate surface area is 119 Å². The van der Waals surface area contributed by atoms with Gasteiger partial charge in [0, 0.05) is 12.0 Å². The number of para-hydroxylation sites is 1. The highest BCUT2D eigenvalue weighted by atomic mass is 16.5. The fraction of sp³-hybridized carbons (Fsp3) is 0.294. The molecule has 0 fully saturated rings. The van der Waals surface area contributed by atoms with Gasteiger partial charge in [0.1, 0.15) is 5.75 Å². The fourth-order valence-corrected chi connectivity index (χ4v) is 2.97. The van der Waals surface area contributed by atoms with Crippen LogP contribution in [-0.4, -0.2) is 12.6 Å². The standard InChI is InChI=1S/C17H20N2O/c18-19-16(12-13-6-2-1-3-7-13)14-10-11-20-17-9-5-4-8-15(14)17/h1-9,14,16,19H,10-12,18H2. The summed E-state index contributed by atoms with van der Waals surface area (Å²) in [5.74, 6) is 7.21. The van der Waals surface area contributed by atoms with E-state index in [9.17, 15) is 0 Å². The van der Waals surface area contributed by atoms with Gasteiger partial charge in [-0.2, -0.15) is 0 Å². The summed E-state index contributed by atoms with van der Waals surface area (Å²) >= 11 is 0. The van der Waals surface area contributed by atoms with Crippen molar-refractivity contribution in [1.82, 2.24) is 5.43 Å². The number of hydrazine groups is 1. The van der Waals surface area contributed by atoms with Gasteiger partial charge in [-0.1, -0.05) is 48.5 Å². The summed E-state index contributed by atoms with van der Waals surface area (Å²) in [4.78, 5) is 0. The molecule has 0 radical (unpaired) electrons. The molecular formula is C17H20N2O. The first-order valence-corrected chi connectivity index (χ1v) is 7.10. The van der Waals surface area contributed by atoms with E-state index in [1.165, 1.54) is 11.1 Å². The van der Waals surface area contributed by atoms with Crippen LogP contribution in [0, 0.1) is 0 Å². The first kappa shape index (κ1) is 13.2. The number of hydrogen-bond donors (Lipinski definition) is 2. The highest BCUT2D eigenvalue weighted by Gasteiger charge is 2.28. The molecule has 2 unspecified atom stereocenters. The van der Waals surface area contributed by atoms with Crippen molar-refractivity contribution in [2.45, 2.75) is 24.8 Å². The lowest BCUT2D eigenvalue weighted by Gasteiger charge is -2.32. The van der Waals surface area contributed by atoms with Crippen molar-refractivity contribution >= 4 is 0 Å². The molecule has 20 heavy (non-hydrogen) atoms. The Bertz CT molecular complexity index is 556. The highest BCUT2D eigenvalue weighted by Crippen LogP contribution is 2.36. The Balaban J connectivity index is 1.84. The molecule has 1 aliphatic rings. The molecule has 104 valence electrons. The van der Waals surface area contributed by atoms with Gasteiger partial charge in [0.25, 0.3) is 0 Å². The molecule has 2 aromatic carbocycles. The molecule has 0 aromatic heterocycles. The Hall–Kier alpha value is -1.84. The van der Waals surface area contributed by atoms with Crippen molar-refractivity contribution in [1.29, 1.82) is 0 Å². The molecule has 3 heteroatoms. The van der Waals surface area contributed by atoms with Gasteiger partial charge in [-0.25, -0.2) is 0 Å². The number of ether oxygens (including phenoxy) is 1. The summed E-state index contributed by atoms with van der Waals surface area (Å²) < 4.78 is 5.73. The number of nitrogens with two attached hydrogens (primary N) is 1. The molecule has 3 nitrogen and oxygen atoms in total. The average Bonchev–Trinajstić information content (AvgIpc) is 2.53. The monoisotopic (exact) mass is 268 g/mol. The van der Waals surface area contributed by atoms with Crippen LogP contribution in [0.4, 0.5) is 0 Å². The lowest BCUT2D eigenvalue weighted by molar-refractivity contribution is 0.245. The van der Waals surface area contributed by atoms with Crippen LogP contribution in [0.1, 0.15) is 23.5 Å². The zero-order valence-corrected chi connectivity index (χ0v) is 11.5. The molecule has 2 atom stereocenters. The van der Waals surface area contributed by atoms with Crippen molar-refractivity contribution < 1.29 is 4.74 Å². The maximum atomic E-state index is 5.82. The van der Waals surface area contributed by atoms with E-state index >= 15 is 0 Å². The second-order valence-electron chi connectivity index (χ2n) is 5.24. The minimum absolute atomic E-state index is 0.224. The largest absolute Gasteiger partial charge is 0.493 e. The van der Waals surface area contributed by atoms with E-state index in [1.807, 2.05) is 18.2 Å². The lowest BCUT2D eigenvalue weighted by atomic mass is 9.84. The Morgan fingerprint density at radius 3 is 2.65 bits per heavy atom. The van der Waals surface area contributed by atoms with Crippen molar-refractivity contribution in [3.63, 3.8) is 0 Å². The number of hydrogen-bond acceptors (Lipinski definition) is 3. The molecule has 3 N–H and O–H groups in total. The molecule has 1 aliphatic heterocycles. The molecule has 0 amide bonds. The van der Waals surface area contributed by atoms with E-state index in [2.05, 4.69) is 41.8 Å². The Morgan fingerprint density at radius 1 is 1.10 bits per heavy atom. The summed E-state index contributed by atoms with van der Waals surface area (Å²) in [6, 6.07) is 19.0. The second-order valence-corrected chi connectivity index (χ2v) is 5.24. The van der Waals surface area contributed by atoms with Crippen LogP contribution in [0.3, 0.4) is 0 Å². The van der Waals surface area contributed by atoms with Crippen molar-refractivity contribution in [2.24, 2.45) is 5.84 Å². The molecule has 3 rings (SSSR count). The van der Waals surface area contributed by atoms with Crippen LogP contribution < -0.4 is 16.0 Å². The van der Waals surface area contributed by atoms with Gasteiger partial charge in [0.15, 0.2) is 0 Å². The average molecular weight is 268 g/mol. The predicted octanol–water partition coefficient (Wildman–Crippen LogP) is 2.63. The van der Waals surface area contributed by atoms with Gasteiger partial charge >= 0.3 is 0 Å². The van der Waals surface area contributed by atoms with Crippen LogP contribution in [-0.2, 0) is 6.42 Å². The minimum atomic E-state index is 0.224. The van der Waals surface area contributed by atoms with E-state index in [0.717, 1.165) is 25.2 Å². The number of fused-ring (bicyclic) bond motifs is 1. The summed E-state index contributed by atoms with van der Waals surface area (Å²) in [7, 11) is 0. The summed E-state index contributed by atoms with van der Waals surface area (Å²) in [6.45, 7) is 0.759. The zero-order valence-electron chi connectivity index (χ0n) is 11.5. The van der Waals surface area contributed by atoms with Gasteiger partial charge in [0.05, 0.1) is 6.61 Å². The molecule has 0 bridgehead atoms. The van der Waals surface area contributed by atoms with Gasteiger partial charge in [-0.3, -0.25) is 11.3 Å². The normalized spacial score (nSPS) is 18.9. The van der Waals surface area contributed by atoms with Gasteiger partial charge in [0.2, 0.25) is 0 Å². The third-order valence-electron chi connectivity index (χ3n) is 4.00. The van der Waals surface area contributed by atoms with Crippen LogP contribution >= 0.6 is 0 Å². The van der Waals surface area contributed by atoms with E-state index < -0.39 is 0 Å². The Kier molecular flexibility index (Phi) is 4.00. The SMILES string of the molecule is NNC(Cc1ccccc1)C1CCOc2ccccc21. The smallest absolute Gasteiger partial charge is 0.122 e. The Morgan fingerprint density at radius 2 is 1.85 bits per heavy atom. The van der Waals surface area contributed by atoms with Crippen LogP contribution in [0.2, 0.25) is 0 Å².